The zero-order valence-corrected chi connectivity index (χ0v) is 12.2. The first-order valence-corrected chi connectivity index (χ1v) is 8.54. The van der Waals surface area contributed by atoms with Gasteiger partial charge < -0.3 is 0 Å². The normalized spacial score (nSPS) is 10.7. The number of thiophene rings is 1. The smallest absolute Gasteiger partial charge is 0.124 e. The van der Waals surface area contributed by atoms with Crippen LogP contribution in [0.1, 0.15) is 0 Å². The van der Waals surface area contributed by atoms with Gasteiger partial charge in [0.2, 0.25) is 0 Å². The second-order valence-corrected chi connectivity index (χ2v) is 6.30. The summed E-state index contributed by atoms with van der Waals surface area (Å²) in [6.07, 6.45) is 2.09. The van der Waals surface area contributed by atoms with Gasteiger partial charge in [0.25, 0.3) is 0 Å². The molecule has 0 aliphatic rings. The molecule has 0 fully saturated rings. The third kappa shape index (κ3) is 2.36. The summed E-state index contributed by atoms with van der Waals surface area (Å²) >= 11 is 5.17. The third-order valence-electron chi connectivity index (χ3n) is 2.66. The summed E-state index contributed by atoms with van der Waals surface area (Å²) in [6.45, 7) is 0. The molecule has 2 aromatic heterocycles. The van der Waals surface area contributed by atoms with Crippen LogP contribution >= 0.6 is 34.4 Å². The average molecular weight is 289 g/mol. The van der Waals surface area contributed by atoms with Gasteiger partial charge in [-0.1, -0.05) is 12.1 Å². The number of rotatable bonds is 3. The minimum absolute atomic E-state index is 1.06. The van der Waals surface area contributed by atoms with Crippen LogP contribution in [0.5, 0.6) is 0 Å². The van der Waals surface area contributed by atoms with E-state index in [4.69, 9.17) is 4.98 Å². The maximum atomic E-state index is 4.70. The molecule has 1 aromatic carbocycles. The summed E-state index contributed by atoms with van der Waals surface area (Å²) in [5.74, 6) is 0. The topological polar surface area (TPSA) is 12.9 Å². The van der Waals surface area contributed by atoms with Gasteiger partial charge in [-0.25, -0.2) is 4.98 Å². The number of aromatic nitrogens is 1. The van der Waals surface area contributed by atoms with Crippen molar-refractivity contribution < 1.29 is 0 Å². The van der Waals surface area contributed by atoms with Crippen molar-refractivity contribution in [3.05, 3.63) is 46.5 Å². The van der Waals surface area contributed by atoms with E-state index in [-0.39, 0.29) is 0 Å². The predicted octanol–water partition coefficient (Wildman–Crippen LogP) is 5.26. The molecule has 0 saturated carbocycles. The Morgan fingerprint density at radius 3 is 2.50 bits per heavy atom. The lowest BCUT2D eigenvalue weighted by Gasteiger charge is -1.98. The van der Waals surface area contributed by atoms with Gasteiger partial charge in [0.15, 0.2) is 0 Å². The molecule has 0 amide bonds. The molecule has 0 saturated heterocycles. The molecule has 4 heteroatoms. The summed E-state index contributed by atoms with van der Waals surface area (Å²) in [4.78, 5) is 5.98. The molecule has 18 heavy (non-hydrogen) atoms. The number of hydrogen-bond donors (Lipinski definition) is 0. The zero-order valence-electron chi connectivity index (χ0n) is 9.79. The van der Waals surface area contributed by atoms with Crippen molar-refractivity contribution >= 4 is 34.4 Å². The molecular weight excluding hydrogens is 278 g/mol. The Balaban J connectivity index is 1.92. The van der Waals surface area contributed by atoms with Gasteiger partial charge in [0, 0.05) is 26.8 Å². The first kappa shape index (κ1) is 12.0. The van der Waals surface area contributed by atoms with Crippen LogP contribution in [0.3, 0.4) is 0 Å². The summed E-state index contributed by atoms with van der Waals surface area (Å²) in [5.41, 5.74) is 3.47. The van der Waals surface area contributed by atoms with E-state index in [9.17, 15) is 0 Å². The minimum atomic E-state index is 1.06. The van der Waals surface area contributed by atoms with Crippen molar-refractivity contribution in [2.45, 2.75) is 4.90 Å². The highest BCUT2D eigenvalue weighted by molar-refractivity contribution is 7.98. The van der Waals surface area contributed by atoms with Gasteiger partial charge in [0.05, 0.1) is 5.69 Å². The molecule has 0 atom stereocenters. The van der Waals surface area contributed by atoms with Crippen molar-refractivity contribution in [1.29, 1.82) is 0 Å². The Kier molecular flexibility index (Phi) is 3.50. The average Bonchev–Trinajstić information content (AvgIpc) is 3.09. The van der Waals surface area contributed by atoms with E-state index in [2.05, 4.69) is 52.7 Å². The number of nitrogens with zero attached hydrogens (tertiary/aromatic N) is 1. The fourth-order valence-corrected chi connectivity index (χ4v) is 3.64. The minimum Gasteiger partial charge on any atom is -0.236 e. The summed E-state index contributed by atoms with van der Waals surface area (Å²) in [6, 6.07) is 10.7. The van der Waals surface area contributed by atoms with Crippen molar-refractivity contribution in [3.8, 4) is 21.8 Å². The van der Waals surface area contributed by atoms with E-state index >= 15 is 0 Å². The van der Waals surface area contributed by atoms with Crippen molar-refractivity contribution in [2.75, 3.05) is 6.26 Å². The Bertz CT molecular complexity index is 623. The maximum absolute atomic E-state index is 4.70. The molecule has 90 valence electrons. The molecule has 0 spiro atoms. The quantitative estimate of drug-likeness (QED) is 0.610. The third-order valence-corrected chi connectivity index (χ3v) is 4.98. The van der Waals surface area contributed by atoms with Crippen LogP contribution < -0.4 is 0 Å². The standard InChI is InChI=1S/C14H11NS3/c1-16-12-4-2-10(3-5-12)13-9-18-14(15-13)11-6-7-17-8-11/h2-9H,1H3. The number of benzene rings is 1. The van der Waals surface area contributed by atoms with E-state index in [0.717, 1.165) is 10.7 Å². The fourth-order valence-electron chi connectivity index (χ4n) is 1.69. The molecule has 0 radical (unpaired) electrons. The largest absolute Gasteiger partial charge is 0.236 e. The second kappa shape index (κ2) is 5.26. The molecule has 0 N–H and O–H groups in total. The molecule has 2 heterocycles. The van der Waals surface area contributed by atoms with Gasteiger partial charge >= 0.3 is 0 Å². The molecule has 1 nitrogen and oxygen atoms in total. The Morgan fingerprint density at radius 2 is 1.83 bits per heavy atom. The lowest BCUT2D eigenvalue weighted by molar-refractivity contribution is 1.38. The van der Waals surface area contributed by atoms with Gasteiger partial charge in [-0.05, 0) is 29.8 Å². The van der Waals surface area contributed by atoms with E-state index < -0.39 is 0 Å². The van der Waals surface area contributed by atoms with E-state index in [0.29, 0.717) is 0 Å². The molecule has 3 aromatic rings. The number of thiazole rings is 1. The first-order valence-electron chi connectivity index (χ1n) is 5.49. The SMILES string of the molecule is CSc1ccc(-c2csc(-c3ccsc3)n2)cc1. The Labute approximate surface area is 119 Å². The summed E-state index contributed by atoms with van der Waals surface area (Å²) < 4.78 is 0. The second-order valence-electron chi connectivity index (χ2n) is 3.78. The van der Waals surface area contributed by atoms with Crippen LogP contribution in [-0.2, 0) is 0 Å². The summed E-state index contributed by atoms with van der Waals surface area (Å²) in [7, 11) is 0. The van der Waals surface area contributed by atoms with Gasteiger partial charge in [-0.15, -0.1) is 23.1 Å². The predicted molar refractivity (Wildman–Crippen MR) is 82.6 cm³/mol. The highest BCUT2D eigenvalue weighted by atomic mass is 32.2. The molecular formula is C14H11NS3. The fraction of sp³-hybridized carbons (Fsp3) is 0.0714. The van der Waals surface area contributed by atoms with Crippen LogP contribution in [0.4, 0.5) is 0 Å². The van der Waals surface area contributed by atoms with Crippen molar-refractivity contribution in [3.63, 3.8) is 0 Å². The first-order chi connectivity index (χ1) is 8.86. The lowest BCUT2D eigenvalue weighted by atomic mass is 10.2. The molecule has 3 rings (SSSR count). The van der Waals surface area contributed by atoms with Crippen LogP contribution in [-0.4, -0.2) is 11.2 Å². The number of thioether (sulfide) groups is 1. The Hall–Kier alpha value is -1.10. The van der Waals surface area contributed by atoms with E-state index in [1.54, 1.807) is 34.4 Å². The highest BCUT2D eigenvalue weighted by Crippen LogP contribution is 2.30. The van der Waals surface area contributed by atoms with Crippen LogP contribution in [0, 0.1) is 0 Å². The highest BCUT2D eigenvalue weighted by Gasteiger charge is 2.06. The van der Waals surface area contributed by atoms with Crippen molar-refractivity contribution in [1.82, 2.24) is 4.98 Å². The van der Waals surface area contributed by atoms with Gasteiger partial charge in [0.1, 0.15) is 5.01 Å². The zero-order chi connectivity index (χ0) is 12.4. The van der Waals surface area contributed by atoms with Crippen molar-refractivity contribution in [2.24, 2.45) is 0 Å². The lowest BCUT2D eigenvalue weighted by Crippen LogP contribution is -1.78. The molecule has 0 unspecified atom stereocenters. The van der Waals surface area contributed by atoms with E-state index in [1.165, 1.54) is 16.0 Å². The van der Waals surface area contributed by atoms with Crippen LogP contribution in [0.25, 0.3) is 21.8 Å². The van der Waals surface area contributed by atoms with E-state index in [1.807, 2.05) is 0 Å². The Morgan fingerprint density at radius 1 is 1.00 bits per heavy atom. The maximum Gasteiger partial charge on any atom is 0.124 e. The number of hydrogen-bond acceptors (Lipinski definition) is 4. The van der Waals surface area contributed by atoms with Gasteiger partial charge in [-0.3, -0.25) is 0 Å². The molecule has 0 aliphatic heterocycles. The van der Waals surface area contributed by atoms with Gasteiger partial charge in [-0.2, -0.15) is 11.3 Å². The summed E-state index contributed by atoms with van der Waals surface area (Å²) in [5, 5.41) is 7.45. The van der Waals surface area contributed by atoms with Crippen LogP contribution in [0.2, 0.25) is 0 Å². The molecule has 0 aliphatic carbocycles. The van der Waals surface area contributed by atoms with Crippen LogP contribution in [0.15, 0.2) is 51.4 Å². The molecule has 0 bridgehead atoms. The monoisotopic (exact) mass is 289 g/mol.